The van der Waals surface area contributed by atoms with Gasteiger partial charge in [-0.3, -0.25) is 0 Å². The van der Waals surface area contributed by atoms with Crippen LogP contribution in [0.15, 0.2) is 48.5 Å². The van der Waals surface area contributed by atoms with E-state index in [1.807, 2.05) is 48.5 Å². The van der Waals surface area contributed by atoms with E-state index in [1.54, 1.807) is 0 Å². The third-order valence-corrected chi connectivity index (χ3v) is 7.87. The molecule has 1 aromatic heterocycles. The molecule has 0 aliphatic carbocycles. The van der Waals surface area contributed by atoms with Crippen molar-refractivity contribution in [2.24, 2.45) is 0 Å². The van der Waals surface area contributed by atoms with Crippen LogP contribution >= 0.6 is 0 Å². The third-order valence-electron chi connectivity index (χ3n) is 7.87. The zero-order chi connectivity index (χ0) is 28.9. The normalized spacial score (nSPS) is 21.2. The summed E-state index contributed by atoms with van der Waals surface area (Å²) in [6, 6.07) is 15.5. The SMILES string of the molecule is CC1COCCN1c1nc(-c2ccc(NC(=O)Nc3ccc(N4CCNCC4)cc3)cc2)nc(N2CCOCC2C)n1. The standard InChI is InChI=1S/C30H39N9O3/c1-21-19-41-17-15-38(21)28-34-27(35-29(36-28)39-16-18-42-20-22(39)2)23-3-5-24(6-4-23)32-30(40)33-25-7-9-26(10-8-25)37-13-11-31-12-14-37/h3-10,21-22,31H,11-20H2,1-2H3,(H2,32,33,40). The maximum absolute atomic E-state index is 12.7. The molecule has 2 amide bonds. The highest BCUT2D eigenvalue weighted by molar-refractivity contribution is 5.99. The van der Waals surface area contributed by atoms with E-state index in [0.717, 1.165) is 56.2 Å². The van der Waals surface area contributed by atoms with Crippen molar-refractivity contribution in [2.75, 3.05) is 91.0 Å². The molecule has 3 saturated heterocycles. The summed E-state index contributed by atoms with van der Waals surface area (Å²) >= 11 is 0. The van der Waals surface area contributed by atoms with Gasteiger partial charge in [-0.05, 0) is 62.4 Å². The van der Waals surface area contributed by atoms with Crippen LogP contribution in [-0.2, 0) is 9.47 Å². The highest BCUT2D eigenvalue weighted by Gasteiger charge is 2.27. The summed E-state index contributed by atoms with van der Waals surface area (Å²) in [6.45, 7) is 12.1. The van der Waals surface area contributed by atoms with Gasteiger partial charge in [-0.25, -0.2) is 4.79 Å². The lowest BCUT2D eigenvalue weighted by Gasteiger charge is -2.36. The van der Waals surface area contributed by atoms with E-state index in [4.69, 9.17) is 24.4 Å². The van der Waals surface area contributed by atoms with Gasteiger partial charge in [0.25, 0.3) is 0 Å². The van der Waals surface area contributed by atoms with E-state index in [2.05, 4.69) is 44.5 Å². The van der Waals surface area contributed by atoms with Gasteiger partial charge in [0.1, 0.15) is 0 Å². The Hall–Kier alpha value is -4.00. The van der Waals surface area contributed by atoms with Gasteiger partial charge in [0, 0.05) is 61.9 Å². The molecule has 0 bridgehead atoms. The molecule has 12 heteroatoms. The highest BCUT2D eigenvalue weighted by atomic mass is 16.5. The molecular weight excluding hydrogens is 534 g/mol. The second-order valence-electron chi connectivity index (χ2n) is 10.9. The number of nitrogens with zero attached hydrogens (tertiary/aromatic N) is 6. The van der Waals surface area contributed by atoms with Crippen molar-refractivity contribution in [1.29, 1.82) is 0 Å². The number of morpholine rings is 2. The van der Waals surface area contributed by atoms with Crippen LogP contribution in [0.2, 0.25) is 0 Å². The number of ether oxygens (including phenoxy) is 2. The van der Waals surface area contributed by atoms with E-state index < -0.39 is 0 Å². The van der Waals surface area contributed by atoms with E-state index >= 15 is 0 Å². The molecule has 42 heavy (non-hydrogen) atoms. The lowest BCUT2D eigenvalue weighted by molar-refractivity contribution is 0.0969. The first-order valence-corrected chi connectivity index (χ1v) is 14.7. The molecule has 0 spiro atoms. The van der Waals surface area contributed by atoms with Crippen LogP contribution < -0.4 is 30.7 Å². The van der Waals surface area contributed by atoms with Crippen molar-refractivity contribution in [3.63, 3.8) is 0 Å². The number of carbonyl (C=O) groups excluding carboxylic acids is 1. The van der Waals surface area contributed by atoms with Gasteiger partial charge in [-0.15, -0.1) is 0 Å². The lowest BCUT2D eigenvalue weighted by atomic mass is 10.2. The number of piperazine rings is 1. The molecule has 4 heterocycles. The minimum absolute atomic E-state index is 0.160. The number of hydrogen-bond acceptors (Lipinski definition) is 10. The first-order chi connectivity index (χ1) is 20.5. The smallest absolute Gasteiger partial charge is 0.323 e. The van der Waals surface area contributed by atoms with Crippen LogP contribution in [0, 0.1) is 0 Å². The number of nitrogens with one attached hydrogen (secondary N) is 3. The van der Waals surface area contributed by atoms with E-state index in [1.165, 1.54) is 0 Å². The molecule has 222 valence electrons. The molecule has 2 atom stereocenters. The van der Waals surface area contributed by atoms with Crippen molar-refractivity contribution < 1.29 is 14.3 Å². The fourth-order valence-corrected chi connectivity index (χ4v) is 5.46. The van der Waals surface area contributed by atoms with E-state index in [-0.39, 0.29) is 18.1 Å². The summed E-state index contributed by atoms with van der Waals surface area (Å²) < 4.78 is 11.3. The van der Waals surface area contributed by atoms with Crippen molar-refractivity contribution in [3.05, 3.63) is 48.5 Å². The van der Waals surface area contributed by atoms with Crippen LogP contribution in [0.1, 0.15) is 13.8 Å². The van der Waals surface area contributed by atoms with Crippen molar-refractivity contribution in [2.45, 2.75) is 25.9 Å². The molecule has 2 aromatic carbocycles. The van der Waals surface area contributed by atoms with Gasteiger partial charge in [-0.1, -0.05) is 0 Å². The fraction of sp³-hybridized carbons (Fsp3) is 0.467. The zero-order valence-corrected chi connectivity index (χ0v) is 24.3. The quantitative estimate of drug-likeness (QED) is 0.406. The van der Waals surface area contributed by atoms with Gasteiger partial charge in [-0.2, -0.15) is 15.0 Å². The molecule has 3 aromatic rings. The predicted molar refractivity (Wildman–Crippen MR) is 165 cm³/mol. The Balaban J connectivity index is 1.16. The number of rotatable bonds is 6. The number of aromatic nitrogens is 3. The van der Waals surface area contributed by atoms with Crippen LogP contribution in [-0.4, -0.2) is 98.8 Å². The molecule has 3 fully saturated rings. The van der Waals surface area contributed by atoms with E-state index in [0.29, 0.717) is 49.8 Å². The average Bonchev–Trinajstić information content (AvgIpc) is 3.02. The monoisotopic (exact) mass is 573 g/mol. The molecule has 0 saturated carbocycles. The number of hydrogen-bond donors (Lipinski definition) is 3. The maximum Gasteiger partial charge on any atom is 0.323 e. The molecular formula is C30H39N9O3. The summed E-state index contributed by atoms with van der Waals surface area (Å²) in [6.07, 6.45) is 0. The van der Waals surface area contributed by atoms with Crippen LogP contribution in [0.3, 0.4) is 0 Å². The largest absolute Gasteiger partial charge is 0.377 e. The summed E-state index contributed by atoms with van der Waals surface area (Å²) in [7, 11) is 0. The van der Waals surface area contributed by atoms with Gasteiger partial charge in [0.15, 0.2) is 5.82 Å². The van der Waals surface area contributed by atoms with Crippen molar-refractivity contribution in [3.8, 4) is 11.4 Å². The van der Waals surface area contributed by atoms with Crippen LogP contribution in [0.25, 0.3) is 11.4 Å². The summed E-state index contributed by atoms with van der Waals surface area (Å²) in [4.78, 5) is 34.0. The van der Waals surface area contributed by atoms with Crippen molar-refractivity contribution in [1.82, 2.24) is 20.3 Å². The van der Waals surface area contributed by atoms with Gasteiger partial charge < -0.3 is 40.1 Å². The molecule has 3 aliphatic rings. The van der Waals surface area contributed by atoms with E-state index in [9.17, 15) is 4.79 Å². The topological polar surface area (TPSA) is 120 Å². The second kappa shape index (κ2) is 12.9. The molecule has 0 radical (unpaired) electrons. The third kappa shape index (κ3) is 6.56. The Morgan fingerprint density at radius 2 is 1.29 bits per heavy atom. The summed E-state index contributed by atoms with van der Waals surface area (Å²) in [5, 5.41) is 9.20. The minimum Gasteiger partial charge on any atom is -0.377 e. The number of benzene rings is 2. The van der Waals surface area contributed by atoms with Gasteiger partial charge in [0.2, 0.25) is 11.9 Å². The predicted octanol–water partition coefficient (Wildman–Crippen LogP) is 3.04. The molecule has 2 unspecified atom stereocenters. The number of amides is 2. The maximum atomic E-state index is 12.7. The highest BCUT2D eigenvalue weighted by Crippen LogP contribution is 2.26. The number of urea groups is 1. The Morgan fingerprint density at radius 1 is 0.762 bits per heavy atom. The molecule has 3 aliphatic heterocycles. The molecule has 3 N–H and O–H groups in total. The van der Waals surface area contributed by atoms with Crippen LogP contribution in [0.4, 0.5) is 33.8 Å². The second-order valence-corrected chi connectivity index (χ2v) is 10.9. The lowest BCUT2D eigenvalue weighted by Crippen LogP contribution is -2.46. The first-order valence-electron chi connectivity index (χ1n) is 14.7. The Kier molecular flexibility index (Phi) is 8.63. The van der Waals surface area contributed by atoms with Gasteiger partial charge in [0.05, 0.1) is 38.5 Å². The van der Waals surface area contributed by atoms with Gasteiger partial charge >= 0.3 is 6.03 Å². The summed E-state index contributed by atoms with van der Waals surface area (Å²) in [5.74, 6) is 1.89. The van der Waals surface area contributed by atoms with Crippen molar-refractivity contribution >= 4 is 35.0 Å². The Bertz CT molecular complexity index is 1310. The Labute approximate surface area is 246 Å². The molecule has 12 nitrogen and oxygen atoms in total. The first kappa shape index (κ1) is 28.1. The number of carbonyl (C=O) groups is 1. The van der Waals surface area contributed by atoms with Crippen LogP contribution in [0.5, 0.6) is 0 Å². The average molecular weight is 574 g/mol. The number of anilines is 5. The molecule has 6 rings (SSSR count). The minimum atomic E-state index is -0.301. The summed E-state index contributed by atoms with van der Waals surface area (Å²) in [5.41, 5.74) is 3.42. The fourth-order valence-electron chi connectivity index (χ4n) is 5.46. The Morgan fingerprint density at radius 3 is 1.81 bits per heavy atom. The zero-order valence-electron chi connectivity index (χ0n) is 24.3.